The predicted octanol–water partition coefficient (Wildman–Crippen LogP) is 2.40. The van der Waals surface area contributed by atoms with Crippen molar-refractivity contribution in [3.63, 3.8) is 0 Å². The molecule has 2 N–H and O–H groups in total. The average Bonchev–Trinajstić information content (AvgIpc) is 2.62. The summed E-state index contributed by atoms with van der Waals surface area (Å²) in [6.45, 7) is 3.59. The van der Waals surface area contributed by atoms with Gasteiger partial charge < -0.3 is 5.32 Å². The third kappa shape index (κ3) is 5.21. The molecule has 0 fully saturated rings. The molecule has 0 aliphatic rings. The Labute approximate surface area is 150 Å². The minimum atomic E-state index is -4.09. The van der Waals surface area contributed by atoms with E-state index in [0.717, 1.165) is 17.7 Å². The van der Waals surface area contributed by atoms with Gasteiger partial charge in [-0.05, 0) is 42.3 Å². The van der Waals surface area contributed by atoms with Gasteiger partial charge >= 0.3 is 0 Å². The van der Waals surface area contributed by atoms with E-state index < -0.39 is 26.6 Å². The molecule has 8 heteroatoms. The molecule has 0 aromatic heterocycles. The second kappa shape index (κ2) is 8.68. The van der Waals surface area contributed by atoms with E-state index in [1.807, 2.05) is 0 Å². The smallest absolute Gasteiger partial charge is 0.251 e. The molecule has 0 atom stereocenters. The summed E-state index contributed by atoms with van der Waals surface area (Å²) in [4.78, 5) is 11.6. The molecule has 26 heavy (non-hydrogen) atoms. The van der Waals surface area contributed by atoms with Gasteiger partial charge in [0.1, 0.15) is 16.5 Å². The molecule has 0 saturated heterocycles. The van der Waals surface area contributed by atoms with Crippen LogP contribution in [0.3, 0.4) is 0 Å². The SMILES string of the molecule is C=CCNS(=O)(=O)c1cc(C(=O)NCCc2ccc(F)cc2)ccc1F. The zero-order chi connectivity index (χ0) is 19.2. The first kappa shape index (κ1) is 19.7. The van der Waals surface area contributed by atoms with Crippen molar-refractivity contribution in [3.8, 4) is 0 Å². The molecule has 2 aromatic carbocycles. The van der Waals surface area contributed by atoms with E-state index in [4.69, 9.17) is 0 Å². The van der Waals surface area contributed by atoms with Crippen molar-refractivity contribution in [2.24, 2.45) is 0 Å². The Hall–Kier alpha value is -2.58. The molecule has 0 aliphatic heterocycles. The first-order valence-electron chi connectivity index (χ1n) is 7.76. The Morgan fingerprint density at radius 2 is 1.81 bits per heavy atom. The Morgan fingerprint density at radius 1 is 1.12 bits per heavy atom. The van der Waals surface area contributed by atoms with E-state index in [0.29, 0.717) is 6.42 Å². The van der Waals surface area contributed by atoms with E-state index in [2.05, 4.69) is 16.6 Å². The highest BCUT2D eigenvalue weighted by molar-refractivity contribution is 7.89. The molecule has 0 aliphatic carbocycles. The average molecular weight is 380 g/mol. The van der Waals surface area contributed by atoms with Crippen LogP contribution in [0.25, 0.3) is 0 Å². The van der Waals surface area contributed by atoms with E-state index in [-0.39, 0.29) is 24.5 Å². The van der Waals surface area contributed by atoms with Crippen molar-refractivity contribution in [2.75, 3.05) is 13.1 Å². The number of nitrogens with one attached hydrogen (secondary N) is 2. The second-order valence-corrected chi connectivity index (χ2v) is 7.15. The maximum Gasteiger partial charge on any atom is 0.251 e. The number of halogens is 2. The van der Waals surface area contributed by atoms with Crippen molar-refractivity contribution in [1.29, 1.82) is 0 Å². The normalized spacial score (nSPS) is 11.2. The first-order valence-corrected chi connectivity index (χ1v) is 9.24. The zero-order valence-electron chi connectivity index (χ0n) is 13.8. The Balaban J connectivity index is 2.05. The van der Waals surface area contributed by atoms with Gasteiger partial charge in [-0.3, -0.25) is 4.79 Å². The van der Waals surface area contributed by atoms with Crippen LogP contribution in [0.1, 0.15) is 15.9 Å². The van der Waals surface area contributed by atoms with Crippen LogP contribution in [0.5, 0.6) is 0 Å². The van der Waals surface area contributed by atoms with Crippen LogP contribution in [0.2, 0.25) is 0 Å². The van der Waals surface area contributed by atoms with Crippen molar-refractivity contribution in [3.05, 3.63) is 77.9 Å². The van der Waals surface area contributed by atoms with Crippen molar-refractivity contribution < 1.29 is 22.0 Å². The number of amides is 1. The van der Waals surface area contributed by atoms with Crippen LogP contribution >= 0.6 is 0 Å². The highest BCUT2D eigenvalue weighted by atomic mass is 32.2. The third-order valence-electron chi connectivity index (χ3n) is 3.51. The third-order valence-corrected chi connectivity index (χ3v) is 4.95. The van der Waals surface area contributed by atoms with Crippen LogP contribution in [-0.2, 0) is 16.4 Å². The summed E-state index contributed by atoms with van der Waals surface area (Å²) in [6, 6.07) is 8.97. The van der Waals surface area contributed by atoms with Gasteiger partial charge in [-0.25, -0.2) is 21.9 Å². The molecule has 138 valence electrons. The van der Waals surface area contributed by atoms with Crippen molar-refractivity contribution >= 4 is 15.9 Å². The van der Waals surface area contributed by atoms with Gasteiger partial charge in [-0.2, -0.15) is 0 Å². The molecule has 0 radical (unpaired) electrons. The molecule has 1 amide bonds. The molecular formula is C18H18F2N2O3S. The number of sulfonamides is 1. The molecule has 0 unspecified atom stereocenters. The van der Waals surface area contributed by atoms with Gasteiger partial charge in [-0.1, -0.05) is 18.2 Å². The molecule has 2 rings (SSSR count). The van der Waals surface area contributed by atoms with Crippen LogP contribution in [0.15, 0.2) is 60.0 Å². The summed E-state index contributed by atoms with van der Waals surface area (Å²) in [6.07, 6.45) is 1.79. The lowest BCUT2D eigenvalue weighted by Gasteiger charge is -2.09. The van der Waals surface area contributed by atoms with Crippen molar-refractivity contribution in [2.45, 2.75) is 11.3 Å². The lowest BCUT2D eigenvalue weighted by molar-refractivity contribution is 0.0954. The first-order chi connectivity index (χ1) is 12.3. The number of hydrogen-bond donors (Lipinski definition) is 2. The van der Waals surface area contributed by atoms with Gasteiger partial charge in [0.05, 0.1) is 0 Å². The van der Waals surface area contributed by atoms with Crippen molar-refractivity contribution in [1.82, 2.24) is 10.0 Å². The van der Waals surface area contributed by atoms with Crippen LogP contribution in [0.4, 0.5) is 8.78 Å². The van der Waals surface area contributed by atoms with E-state index in [1.54, 1.807) is 12.1 Å². The lowest BCUT2D eigenvalue weighted by atomic mass is 10.1. The molecule has 0 spiro atoms. The largest absolute Gasteiger partial charge is 0.352 e. The highest BCUT2D eigenvalue weighted by Crippen LogP contribution is 2.16. The summed E-state index contributed by atoms with van der Waals surface area (Å²) in [5.74, 6) is -1.83. The molecule has 0 heterocycles. The number of carbonyl (C=O) groups excluding carboxylic acids is 1. The van der Waals surface area contributed by atoms with E-state index in [9.17, 15) is 22.0 Å². The van der Waals surface area contributed by atoms with Gasteiger partial charge in [0.25, 0.3) is 5.91 Å². The number of carbonyl (C=O) groups is 1. The van der Waals surface area contributed by atoms with Gasteiger partial charge in [0.15, 0.2) is 0 Å². The minimum Gasteiger partial charge on any atom is -0.352 e. The highest BCUT2D eigenvalue weighted by Gasteiger charge is 2.20. The Morgan fingerprint density at radius 3 is 2.46 bits per heavy atom. The van der Waals surface area contributed by atoms with Gasteiger partial charge in [0, 0.05) is 18.7 Å². The molecule has 0 saturated carbocycles. The summed E-state index contributed by atoms with van der Waals surface area (Å²) in [7, 11) is -4.09. The Kier molecular flexibility index (Phi) is 6.59. The fourth-order valence-corrected chi connectivity index (χ4v) is 3.27. The fourth-order valence-electron chi connectivity index (χ4n) is 2.17. The van der Waals surface area contributed by atoms with Gasteiger partial charge in [-0.15, -0.1) is 6.58 Å². The quantitative estimate of drug-likeness (QED) is 0.691. The van der Waals surface area contributed by atoms with Crippen LogP contribution in [-0.4, -0.2) is 27.4 Å². The van der Waals surface area contributed by atoms with Crippen LogP contribution in [0, 0.1) is 11.6 Å². The molecule has 2 aromatic rings. The maximum absolute atomic E-state index is 13.9. The fraction of sp³-hybridized carbons (Fsp3) is 0.167. The summed E-state index contributed by atoms with van der Waals surface area (Å²) in [5, 5.41) is 2.62. The van der Waals surface area contributed by atoms with Crippen LogP contribution < -0.4 is 10.0 Å². The summed E-state index contributed by atoms with van der Waals surface area (Å²) < 4.78 is 53.0. The second-order valence-electron chi connectivity index (χ2n) is 5.42. The topological polar surface area (TPSA) is 75.3 Å². The summed E-state index contributed by atoms with van der Waals surface area (Å²) in [5.41, 5.74) is 0.854. The minimum absolute atomic E-state index is 0.0180. The molecule has 5 nitrogen and oxygen atoms in total. The van der Waals surface area contributed by atoms with Gasteiger partial charge in [0.2, 0.25) is 10.0 Å². The zero-order valence-corrected chi connectivity index (χ0v) is 14.7. The van der Waals surface area contributed by atoms with E-state index in [1.165, 1.54) is 24.3 Å². The Bertz CT molecular complexity index is 897. The lowest BCUT2D eigenvalue weighted by Crippen LogP contribution is -2.27. The standard InChI is InChI=1S/C18H18F2N2O3S/c1-2-10-22-26(24,25)17-12-14(5-8-16(17)20)18(23)21-11-9-13-3-6-15(19)7-4-13/h2-8,12,22H,1,9-11H2,(H,21,23). The monoisotopic (exact) mass is 380 g/mol. The summed E-state index contributed by atoms with van der Waals surface area (Å²) >= 11 is 0. The van der Waals surface area contributed by atoms with E-state index >= 15 is 0 Å². The predicted molar refractivity (Wildman–Crippen MR) is 94.2 cm³/mol. The number of rotatable bonds is 8. The number of hydrogen-bond acceptors (Lipinski definition) is 3. The molecule has 0 bridgehead atoms. The number of benzene rings is 2. The maximum atomic E-state index is 13.9. The molecular weight excluding hydrogens is 362 g/mol.